The molecule has 0 bridgehead atoms. The molecule has 0 amide bonds. The molecule has 1 rings (SSSR count). The monoisotopic (exact) mass is 267 g/mol. The number of carboxylic acid groups (broad SMARTS) is 2. The van der Waals surface area contributed by atoms with E-state index in [-0.39, 0.29) is 0 Å². The summed E-state index contributed by atoms with van der Waals surface area (Å²) in [5, 5.41) is 24.6. The number of carboxylic acids is 2. The highest BCUT2D eigenvalue weighted by Crippen LogP contribution is 2.10. The van der Waals surface area contributed by atoms with Crippen LogP contribution in [-0.4, -0.2) is 46.3 Å². The molecule has 1 aromatic rings. The maximum absolute atomic E-state index is 9.55. The summed E-state index contributed by atoms with van der Waals surface area (Å²) in [6.45, 7) is 0.917. The molecule has 0 radical (unpaired) electrons. The third-order valence-corrected chi connectivity index (χ3v) is 1.80. The van der Waals surface area contributed by atoms with Crippen molar-refractivity contribution in [2.45, 2.75) is 6.54 Å². The summed E-state index contributed by atoms with van der Waals surface area (Å²) in [7, 11) is 4.04. The Balaban J connectivity index is 0.000000362. The van der Waals surface area contributed by atoms with Crippen molar-refractivity contribution in [1.29, 1.82) is 0 Å². The number of carbonyl (C=O) groups is 2. The Bertz CT molecular complexity index is 421. The molecule has 0 fully saturated rings. The average molecular weight is 267 g/mol. The molecular formula is C13H17NO5. The van der Waals surface area contributed by atoms with Gasteiger partial charge in [0.2, 0.25) is 0 Å². The quantitative estimate of drug-likeness (QED) is 0.708. The molecule has 19 heavy (non-hydrogen) atoms. The molecule has 6 heteroatoms. The number of hydrogen-bond acceptors (Lipinski definition) is 4. The van der Waals surface area contributed by atoms with E-state index in [9.17, 15) is 9.59 Å². The Labute approximate surface area is 111 Å². The molecule has 0 aromatic heterocycles. The summed E-state index contributed by atoms with van der Waals surface area (Å²) in [4.78, 5) is 21.2. The second kappa shape index (κ2) is 8.71. The van der Waals surface area contributed by atoms with E-state index in [4.69, 9.17) is 15.3 Å². The van der Waals surface area contributed by atoms with Gasteiger partial charge in [0.05, 0.1) is 0 Å². The van der Waals surface area contributed by atoms with E-state index in [0.717, 1.165) is 6.54 Å². The van der Waals surface area contributed by atoms with Crippen molar-refractivity contribution >= 4 is 11.9 Å². The summed E-state index contributed by atoms with van der Waals surface area (Å²) < 4.78 is 0. The topological polar surface area (TPSA) is 98.1 Å². The van der Waals surface area contributed by atoms with Crippen LogP contribution in [0.4, 0.5) is 0 Å². The second-order valence-electron chi connectivity index (χ2n) is 3.91. The molecule has 0 unspecified atom stereocenters. The Morgan fingerprint density at radius 3 is 1.79 bits per heavy atom. The number of phenolic OH excluding ortho intramolecular Hbond substituents is 1. The Morgan fingerprint density at radius 2 is 1.47 bits per heavy atom. The standard InChI is InChI=1S/C9H13NO.C4H4O4/c1-10(2)7-8-3-5-9(11)6-4-8;5-3(6)1-2-4(7)8/h3-6,11H,7H2,1-2H3;1-2H,(H,5,6)(H,7,8)/b;2-1+. The van der Waals surface area contributed by atoms with E-state index in [1.165, 1.54) is 5.56 Å². The Hall–Kier alpha value is -2.34. The minimum atomic E-state index is -1.26. The van der Waals surface area contributed by atoms with Gasteiger partial charge in [0, 0.05) is 18.7 Å². The number of benzene rings is 1. The summed E-state index contributed by atoms with van der Waals surface area (Å²) in [6, 6.07) is 7.27. The van der Waals surface area contributed by atoms with Crippen molar-refractivity contribution in [2.24, 2.45) is 0 Å². The van der Waals surface area contributed by atoms with Crippen molar-refractivity contribution in [3.8, 4) is 5.75 Å². The third-order valence-electron chi connectivity index (χ3n) is 1.80. The summed E-state index contributed by atoms with van der Waals surface area (Å²) in [6.07, 6.45) is 1.12. The minimum Gasteiger partial charge on any atom is -0.508 e. The van der Waals surface area contributed by atoms with E-state index in [2.05, 4.69) is 4.90 Å². The van der Waals surface area contributed by atoms with Crippen molar-refractivity contribution in [2.75, 3.05) is 14.1 Å². The van der Waals surface area contributed by atoms with Crippen molar-refractivity contribution < 1.29 is 24.9 Å². The van der Waals surface area contributed by atoms with Crippen LogP contribution >= 0.6 is 0 Å². The summed E-state index contributed by atoms with van der Waals surface area (Å²) in [5.74, 6) is -2.19. The molecule has 0 heterocycles. The van der Waals surface area contributed by atoms with Crippen LogP contribution in [0.25, 0.3) is 0 Å². The molecule has 3 N–H and O–H groups in total. The third kappa shape index (κ3) is 10.5. The predicted molar refractivity (Wildman–Crippen MR) is 69.9 cm³/mol. The SMILES string of the molecule is CN(C)Cc1ccc(O)cc1.O=C(O)/C=C/C(=O)O. The molecule has 104 valence electrons. The van der Waals surface area contributed by atoms with Crippen molar-refractivity contribution in [3.63, 3.8) is 0 Å². The van der Waals surface area contributed by atoms with Gasteiger partial charge in [-0.25, -0.2) is 9.59 Å². The first-order valence-corrected chi connectivity index (χ1v) is 5.38. The first-order valence-electron chi connectivity index (χ1n) is 5.38. The summed E-state index contributed by atoms with van der Waals surface area (Å²) in [5.41, 5.74) is 1.22. The number of aromatic hydroxyl groups is 1. The van der Waals surface area contributed by atoms with Gasteiger partial charge in [-0.3, -0.25) is 0 Å². The highest BCUT2D eigenvalue weighted by atomic mass is 16.4. The Kier molecular flexibility index (Phi) is 7.64. The number of nitrogens with zero attached hydrogens (tertiary/aromatic N) is 1. The van der Waals surface area contributed by atoms with Crippen LogP contribution in [0.15, 0.2) is 36.4 Å². The molecule has 0 aliphatic rings. The normalized spacial score (nSPS) is 10.1. The number of rotatable bonds is 4. The van der Waals surface area contributed by atoms with E-state index < -0.39 is 11.9 Å². The van der Waals surface area contributed by atoms with Crippen molar-refractivity contribution in [1.82, 2.24) is 4.90 Å². The number of aliphatic carboxylic acids is 2. The molecule has 0 saturated carbocycles. The fourth-order valence-corrected chi connectivity index (χ4v) is 1.11. The van der Waals surface area contributed by atoms with Crippen molar-refractivity contribution in [3.05, 3.63) is 42.0 Å². The smallest absolute Gasteiger partial charge is 0.328 e. The van der Waals surface area contributed by atoms with Crippen LogP contribution in [0.1, 0.15) is 5.56 Å². The number of hydrogen-bond donors (Lipinski definition) is 3. The van der Waals surface area contributed by atoms with Crippen LogP contribution in [-0.2, 0) is 16.1 Å². The van der Waals surface area contributed by atoms with Gasteiger partial charge >= 0.3 is 11.9 Å². The molecule has 0 aliphatic carbocycles. The molecule has 0 spiro atoms. The van der Waals surface area contributed by atoms with E-state index in [0.29, 0.717) is 17.9 Å². The van der Waals surface area contributed by atoms with E-state index >= 15 is 0 Å². The predicted octanol–water partition coefficient (Wildman–Crippen LogP) is 1.17. The molecule has 1 aromatic carbocycles. The van der Waals surface area contributed by atoms with Gasteiger partial charge in [0.25, 0.3) is 0 Å². The zero-order valence-corrected chi connectivity index (χ0v) is 10.8. The summed E-state index contributed by atoms with van der Waals surface area (Å²) >= 11 is 0. The van der Waals surface area contributed by atoms with Gasteiger partial charge in [-0.05, 0) is 31.8 Å². The molecule has 0 saturated heterocycles. The molecule has 0 atom stereocenters. The highest BCUT2D eigenvalue weighted by Gasteiger charge is 1.93. The largest absolute Gasteiger partial charge is 0.508 e. The lowest BCUT2D eigenvalue weighted by Crippen LogP contribution is -2.10. The molecule has 6 nitrogen and oxygen atoms in total. The van der Waals surface area contributed by atoms with Gasteiger partial charge in [0.1, 0.15) is 5.75 Å². The lowest BCUT2D eigenvalue weighted by atomic mass is 10.2. The fourth-order valence-electron chi connectivity index (χ4n) is 1.11. The lowest BCUT2D eigenvalue weighted by Gasteiger charge is -2.08. The van der Waals surface area contributed by atoms with Gasteiger partial charge in [0.15, 0.2) is 0 Å². The zero-order chi connectivity index (χ0) is 14.8. The van der Waals surface area contributed by atoms with Crippen LogP contribution in [0.3, 0.4) is 0 Å². The lowest BCUT2D eigenvalue weighted by molar-refractivity contribution is -0.134. The van der Waals surface area contributed by atoms with Gasteiger partial charge in [-0.2, -0.15) is 0 Å². The van der Waals surface area contributed by atoms with E-state index in [1.807, 2.05) is 26.2 Å². The van der Waals surface area contributed by atoms with Crippen LogP contribution in [0.5, 0.6) is 5.75 Å². The highest BCUT2D eigenvalue weighted by molar-refractivity contribution is 5.89. The first kappa shape index (κ1) is 16.7. The van der Waals surface area contributed by atoms with E-state index in [1.54, 1.807) is 12.1 Å². The van der Waals surface area contributed by atoms with Gasteiger partial charge in [-0.1, -0.05) is 12.1 Å². The first-order chi connectivity index (χ1) is 8.81. The second-order valence-corrected chi connectivity index (χ2v) is 3.91. The van der Waals surface area contributed by atoms with Crippen LogP contribution in [0, 0.1) is 0 Å². The molecular weight excluding hydrogens is 250 g/mol. The maximum Gasteiger partial charge on any atom is 0.328 e. The maximum atomic E-state index is 9.55. The Morgan fingerprint density at radius 1 is 1.05 bits per heavy atom. The number of phenols is 1. The van der Waals surface area contributed by atoms with Crippen LogP contribution in [0.2, 0.25) is 0 Å². The van der Waals surface area contributed by atoms with Gasteiger partial charge < -0.3 is 20.2 Å². The fraction of sp³-hybridized carbons (Fsp3) is 0.231. The molecule has 0 aliphatic heterocycles. The zero-order valence-electron chi connectivity index (χ0n) is 10.8. The van der Waals surface area contributed by atoms with Gasteiger partial charge in [-0.15, -0.1) is 0 Å². The van der Waals surface area contributed by atoms with Crippen LogP contribution < -0.4 is 0 Å². The minimum absolute atomic E-state index is 0.326. The average Bonchev–Trinajstić information content (AvgIpc) is 2.30.